The van der Waals surface area contributed by atoms with Gasteiger partial charge in [0.2, 0.25) is 5.95 Å². The van der Waals surface area contributed by atoms with Gasteiger partial charge in [0.25, 0.3) is 6.43 Å². The highest BCUT2D eigenvalue weighted by Gasteiger charge is 2.24. The van der Waals surface area contributed by atoms with Gasteiger partial charge in [0, 0.05) is 30.2 Å². The van der Waals surface area contributed by atoms with Gasteiger partial charge in [-0.1, -0.05) is 24.2 Å². The molecule has 1 aliphatic heterocycles. The van der Waals surface area contributed by atoms with Crippen LogP contribution in [-0.4, -0.2) is 32.4 Å². The molecule has 0 spiro atoms. The molecule has 4 heterocycles. The van der Waals surface area contributed by atoms with Crippen molar-refractivity contribution in [1.82, 2.24) is 19.4 Å². The van der Waals surface area contributed by atoms with Crippen molar-refractivity contribution in [3.8, 4) is 0 Å². The minimum absolute atomic E-state index is 0.159. The molecule has 1 aliphatic rings. The molecule has 1 N–H and O–H groups in total. The van der Waals surface area contributed by atoms with Gasteiger partial charge in [-0.15, -0.1) is 0 Å². The van der Waals surface area contributed by atoms with Crippen molar-refractivity contribution in [2.75, 3.05) is 23.3 Å². The van der Waals surface area contributed by atoms with E-state index in [2.05, 4.69) is 32.8 Å². The SMILES string of the molecule is C=Cc1nc(Cl)ccc1NC(C)c1cc(C)cc2c1nc(N1CCCCC1)n1cc(C(F)F)nc21. The number of rotatable bonds is 6. The van der Waals surface area contributed by atoms with Crippen molar-refractivity contribution < 1.29 is 8.78 Å². The first-order valence-corrected chi connectivity index (χ1v) is 12.2. The fourth-order valence-electron chi connectivity index (χ4n) is 4.79. The van der Waals surface area contributed by atoms with E-state index in [0.29, 0.717) is 22.4 Å². The fraction of sp³-hybridized carbons (Fsp3) is 0.346. The fourth-order valence-corrected chi connectivity index (χ4v) is 4.94. The zero-order valence-electron chi connectivity index (χ0n) is 19.7. The Bertz CT molecular complexity index is 1410. The summed E-state index contributed by atoms with van der Waals surface area (Å²) in [6, 6.07) is 7.49. The number of aromatic nitrogens is 4. The lowest BCUT2D eigenvalue weighted by molar-refractivity contribution is 0.147. The summed E-state index contributed by atoms with van der Waals surface area (Å²) in [4.78, 5) is 15.9. The summed E-state index contributed by atoms with van der Waals surface area (Å²) in [6.45, 7) is 9.54. The Kier molecular flexibility index (Phi) is 6.32. The molecule has 1 atom stereocenters. The number of alkyl halides is 2. The van der Waals surface area contributed by atoms with Crippen molar-refractivity contribution in [2.45, 2.75) is 45.6 Å². The van der Waals surface area contributed by atoms with Crippen LogP contribution >= 0.6 is 11.6 Å². The van der Waals surface area contributed by atoms with Crippen molar-refractivity contribution in [1.29, 1.82) is 0 Å². The Morgan fingerprint density at radius 3 is 2.60 bits per heavy atom. The molecule has 0 amide bonds. The van der Waals surface area contributed by atoms with E-state index < -0.39 is 6.43 Å². The minimum atomic E-state index is -2.65. The number of nitrogens with zero attached hydrogens (tertiary/aromatic N) is 5. The van der Waals surface area contributed by atoms with E-state index in [1.54, 1.807) is 16.5 Å². The molecular formula is C26H27ClF2N6. The smallest absolute Gasteiger partial charge is 0.281 e. The maximum atomic E-state index is 13.7. The number of anilines is 2. The van der Waals surface area contributed by atoms with Crippen LogP contribution in [0.3, 0.4) is 0 Å². The van der Waals surface area contributed by atoms with Gasteiger partial charge < -0.3 is 10.2 Å². The lowest BCUT2D eigenvalue weighted by Crippen LogP contribution is -2.32. The van der Waals surface area contributed by atoms with Crippen LogP contribution in [0.15, 0.2) is 37.0 Å². The van der Waals surface area contributed by atoms with Gasteiger partial charge in [0.15, 0.2) is 0 Å². The lowest BCUT2D eigenvalue weighted by Gasteiger charge is -2.29. The number of piperidine rings is 1. The average Bonchev–Trinajstić information content (AvgIpc) is 3.31. The van der Waals surface area contributed by atoms with Gasteiger partial charge >= 0.3 is 0 Å². The van der Waals surface area contributed by atoms with Crippen LogP contribution in [-0.2, 0) is 0 Å². The number of hydrogen-bond donors (Lipinski definition) is 1. The van der Waals surface area contributed by atoms with Crippen LogP contribution in [0.1, 0.15) is 61.2 Å². The van der Waals surface area contributed by atoms with E-state index >= 15 is 0 Å². The quantitative estimate of drug-likeness (QED) is 0.292. The molecule has 182 valence electrons. The first-order valence-electron chi connectivity index (χ1n) is 11.8. The highest BCUT2D eigenvalue weighted by Crippen LogP contribution is 2.34. The Balaban J connectivity index is 1.69. The van der Waals surface area contributed by atoms with Crippen LogP contribution < -0.4 is 10.2 Å². The summed E-state index contributed by atoms with van der Waals surface area (Å²) in [5.41, 5.74) is 4.41. The maximum Gasteiger partial charge on any atom is 0.281 e. The third kappa shape index (κ3) is 4.43. The van der Waals surface area contributed by atoms with Crippen LogP contribution in [0, 0.1) is 6.92 Å². The molecule has 9 heteroatoms. The third-order valence-corrected chi connectivity index (χ3v) is 6.67. The average molecular weight is 497 g/mol. The molecule has 1 fully saturated rings. The largest absolute Gasteiger partial charge is 0.377 e. The molecule has 1 unspecified atom stereocenters. The van der Waals surface area contributed by atoms with Crippen molar-refractivity contribution in [2.24, 2.45) is 0 Å². The van der Waals surface area contributed by atoms with Crippen LogP contribution in [0.5, 0.6) is 0 Å². The molecule has 1 aromatic carbocycles. The van der Waals surface area contributed by atoms with E-state index in [0.717, 1.165) is 60.1 Å². The van der Waals surface area contributed by atoms with Crippen molar-refractivity contribution >= 4 is 45.9 Å². The Morgan fingerprint density at radius 2 is 1.89 bits per heavy atom. The molecule has 3 aromatic heterocycles. The highest BCUT2D eigenvalue weighted by atomic mass is 35.5. The second kappa shape index (κ2) is 9.41. The minimum Gasteiger partial charge on any atom is -0.377 e. The molecule has 4 aromatic rings. The maximum absolute atomic E-state index is 13.7. The monoisotopic (exact) mass is 496 g/mol. The number of imidazole rings is 1. The molecule has 35 heavy (non-hydrogen) atoms. The van der Waals surface area contributed by atoms with Gasteiger partial charge in [-0.2, -0.15) is 0 Å². The summed E-state index contributed by atoms with van der Waals surface area (Å²) >= 11 is 6.05. The molecule has 0 saturated carbocycles. The Labute approximate surface area is 207 Å². The number of hydrogen-bond acceptors (Lipinski definition) is 5. The second-order valence-corrected chi connectivity index (χ2v) is 9.39. The number of fused-ring (bicyclic) bond motifs is 3. The first kappa shape index (κ1) is 23.5. The number of nitrogens with one attached hydrogen (secondary N) is 1. The third-order valence-electron chi connectivity index (χ3n) is 6.46. The van der Waals surface area contributed by atoms with Crippen LogP contribution in [0.4, 0.5) is 20.4 Å². The molecule has 0 radical (unpaired) electrons. The van der Waals surface area contributed by atoms with E-state index in [1.165, 1.54) is 6.20 Å². The van der Waals surface area contributed by atoms with Gasteiger partial charge in [0.1, 0.15) is 16.5 Å². The lowest BCUT2D eigenvalue weighted by atomic mass is 10.0. The number of halogens is 3. The van der Waals surface area contributed by atoms with E-state index in [1.807, 2.05) is 26.0 Å². The van der Waals surface area contributed by atoms with Gasteiger partial charge in [-0.05, 0) is 62.9 Å². The first-order chi connectivity index (χ1) is 16.9. The van der Waals surface area contributed by atoms with E-state index in [4.69, 9.17) is 16.6 Å². The molecule has 6 nitrogen and oxygen atoms in total. The molecule has 5 rings (SSSR count). The molecule has 0 aliphatic carbocycles. The normalized spacial score (nSPS) is 15.2. The predicted molar refractivity (Wildman–Crippen MR) is 138 cm³/mol. The van der Waals surface area contributed by atoms with E-state index in [9.17, 15) is 8.78 Å². The zero-order chi connectivity index (χ0) is 24.7. The van der Waals surface area contributed by atoms with E-state index in [-0.39, 0.29) is 11.7 Å². The van der Waals surface area contributed by atoms with Crippen LogP contribution in [0.25, 0.3) is 22.6 Å². The Morgan fingerprint density at radius 1 is 1.11 bits per heavy atom. The summed E-state index contributed by atoms with van der Waals surface area (Å²) in [6.07, 6.45) is 3.68. The standard InChI is InChI=1S/C26H27ClF2N6/c1-4-19-20(8-9-22(27)31-19)30-16(3)17-12-15(2)13-18-23(17)33-26(34-10-6-5-7-11-34)35-14-21(24(28)29)32-25(18)35/h4,8-9,12-14,16,24,30H,1,5-7,10-11H2,2-3H3. The Hall–Kier alpha value is -3.26. The van der Waals surface area contributed by atoms with Gasteiger partial charge in [-0.25, -0.2) is 23.7 Å². The zero-order valence-corrected chi connectivity index (χ0v) is 20.5. The number of pyridine rings is 1. The number of aryl methyl sites for hydroxylation is 1. The highest BCUT2D eigenvalue weighted by molar-refractivity contribution is 6.29. The molecule has 1 saturated heterocycles. The molecular weight excluding hydrogens is 470 g/mol. The van der Waals surface area contributed by atoms with Crippen LogP contribution in [0.2, 0.25) is 5.15 Å². The molecule has 0 bridgehead atoms. The predicted octanol–water partition coefficient (Wildman–Crippen LogP) is 6.98. The summed E-state index contributed by atoms with van der Waals surface area (Å²) in [5.74, 6) is 0.656. The number of benzene rings is 1. The van der Waals surface area contributed by atoms with Gasteiger partial charge in [-0.3, -0.25) is 4.40 Å². The summed E-state index contributed by atoms with van der Waals surface area (Å²) in [7, 11) is 0. The van der Waals surface area contributed by atoms with Crippen molar-refractivity contribution in [3.63, 3.8) is 0 Å². The topological polar surface area (TPSA) is 58.4 Å². The second-order valence-electron chi connectivity index (χ2n) is 9.01. The summed E-state index contributed by atoms with van der Waals surface area (Å²) in [5, 5.41) is 4.64. The summed E-state index contributed by atoms with van der Waals surface area (Å²) < 4.78 is 29.1. The van der Waals surface area contributed by atoms with Crippen molar-refractivity contribution in [3.05, 3.63) is 64.7 Å². The van der Waals surface area contributed by atoms with Gasteiger partial charge in [0.05, 0.1) is 22.9 Å².